The quantitative estimate of drug-likeness (QED) is 0.782. The van der Waals surface area contributed by atoms with Crippen molar-refractivity contribution in [2.24, 2.45) is 0 Å². The van der Waals surface area contributed by atoms with E-state index in [9.17, 15) is 14.7 Å². The van der Waals surface area contributed by atoms with Crippen molar-refractivity contribution in [1.29, 1.82) is 0 Å². The van der Waals surface area contributed by atoms with Crippen molar-refractivity contribution in [1.82, 2.24) is 5.32 Å². The van der Waals surface area contributed by atoms with Gasteiger partial charge < -0.3 is 15.5 Å². The lowest BCUT2D eigenvalue weighted by Gasteiger charge is -2.26. The van der Waals surface area contributed by atoms with Gasteiger partial charge >= 0.3 is 12.0 Å². The van der Waals surface area contributed by atoms with E-state index >= 15 is 0 Å². The molecule has 3 N–H and O–H groups in total. The first-order valence-electron chi connectivity index (χ1n) is 6.89. The van der Waals surface area contributed by atoms with Crippen LogP contribution in [0, 0.1) is 0 Å². The third-order valence-electron chi connectivity index (χ3n) is 3.58. The highest BCUT2D eigenvalue weighted by atomic mass is 16.4. The van der Waals surface area contributed by atoms with Crippen molar-refractivity contribution in [2.45, 2.75) is 38.3 Å². The Hall–Kier alpha value is -2.08. The molecule has 0 fully saturated rings. The van der Waals surface area contributed by atoms with Gasteiger partial charge in [-0.1, -0.05) is 18.2 Å². The largest absolute Gasteiger partial charge is 0.481 e. The first-order valence-corrected chi connectivity index (χ1v) is 6.89. The molecule has 0 aliphatic carbocycles. The summed E-state index contributed by atoms with van der Waals surface area (Å²) in [4.78, 5) is 24.6. The molecule has 1 heterocycles. The summed E-state index contributed by atoms with van der Waals surface area (Å²) < 4.78 is 0. The normalized spacial score (nSPS) is 19.8. The first kappa shape index (κ1) is 15.3. The number of carbonyl (C=O) groups is 2. The minimum absolute atomic E-state index is 0.0341. The van der Waals surface area contributed by atoms with Crippen LogP contribution in [0.1, 0.15) is 25.8 Å². The number of carbonyl (C=O) groups excluding carboxylic acids is 1. The third-order valence-corrected chi connectivity index (χ3v) is 3.58. The van der Waals surface area contributed by atoms with Gasteiger partial charge in [-0.2, -0.15) is 0 Å². The molecule has 0 saturated carbocycles. The Labute approximate surface area is 123 Å². The van der Waals surface area contributed by atoms with Crippen molar-refractivity contribution in [2.75, 3.05) is 11.4 Å². The van der Waals surface area contributed by atoms with Crippen molar-refractivity contribution in [3.8, 4) is 0 Å². The highest BCUT2D eigenvalue weighted by Gasteiger charge is 2.32. The highest BCUT2D eigenvalue weighted by molar-refractivity contribution is 5.95. The second-order valence-electron chi connectivity index (χ2n) is 5.78. The average Bonchev–Trinajstić information content (AvgIpc) is 2.70. The molecule has 1 aliphatic heterocycles. The molecule has 2 unspecified atom stereocenters. The predicted octanol–water partition coefficient (Wildman–Crippen LogP) is 1.37. The average molecular weight is 292 g/mol. The molecular formula is C15H20N2O4. The zero-order valence-corrected chi connectivity index (χ0v) is 12.2. The van der Waals surface area contributed by atoms with Gasteiger partial charge in [-0.25, -0.2) is 4.79 Å². The summed E-state index contributed by atoms with van der Waals surface area (Å²) >= 11 is 0. The molecule has 0 bridgehead atoms. The number of nitrogens with one attached hydrogen (secondary N) is 1. The van der Waals surface area contributed by atoms with Gasteiger partial charge in [-0.05, 0) is 31.9 Å². The van der Waals surface area contributed by atoms with Crippen LogP contribution in [0.5, 0.6) is 0 Å². The molecule has 0 radical (unpaired) electrons. The summed E-state index contributed by atoms with van der Waals surface area (Å²) in [5, 5.41) is 21.3. The fraction of sp³-hybridized carbons (Fsp3) is 0.467. The van der Waals surface area contributed by atoms with Crippen LogP contribution in [-0.2, 0) is 11.2 Å². The second-order valence-corrected chi connectivity index (χ2v) is 5.78. The van der Waals surface area contributed by atoms with Crippen LogP contribution >= 0.6 is 0 Å². The fourth-order valence-electron chi connectivity index (χ4n) is 2.61. The van der Waals surface area contributed by atoms with Crippen molar-refractivity contribution in [3.63, 3.8) is 0 Å². The van der Waals surface area contributed by atoms with Crippen LogP contribution in [0.15, 0.2) is 24.3 Å². The predicted molar refractivity (Wildman–Crippen MR) is 78.4 cm³/mol. The smallest absolute Gasteiger partial charge is 0.322 e. The Morgan fingerprint density at radius 1 is 1.43 bits per heavy atom. The number of carboxylic acids is 1. The van der Waals surface area contributed by atoms with E-state index in [0.717, 1.165) is 17.7 Å². The Kier molecular flexibility index (Phi) is 4.18. The van der Waals surface area contributed by atoms with Gasteiger partial charge in [-0.15, -0.1) is 0 Å². The lowest BCUT2D eigenvalue weighted by atomic mass is 10.0. The maximum Gasteiger partial charge on any atom is 0.322 e. The van der Waals surface area contributed by atoms with E-state index in [1.807, 2.05) is 31.2 Å². The van der Waals surface area contributed by atoms with E-state index in [4.69, 9.17) is 5.11 Å². The summed E-state index contributed by atoms with van der Waals surface area (Å²) in [6.45, 7) is 3.24. The molecule has 1 aliphatic rings. The number of aliphatic hydroxyl groups is 1. The van der Waals surface area contributed by atoms with E-state index in [1.165, 1.54) is 6.92 Å². The van der Waals surface area contributed by atoms with Crippen molar-refractivity contribution in [3.05, 3.63) is 29.8 Å². The maximum atomic E-state index is 12.3. The number of carboxylic acid groups (broad SMARTS) is 1. The molecule has 21 heavy (non-hydrogen) atoms. The number of nitrogens with zero attached hydrogens (tertiary/aromatic N) is 1. The minimum atomic E-state index is -1.47. The van der Waals surface area contributed by atoms with E-state index in [0.29, 0.717) is 0 Å². The van der Waals surface area contributed by atoms with Gasteiger partial charge in [0.15, 0.2) is 0 Å². The summed E-state index contributed by atoms with van der Waals surface area (Å²) in [5.41, 5.74) is 0.502. The zero-order chi connectivity index (χ0) is 15.6. The molecule has 6 heteroatoms. The SMILES string of the molecule is CC1Cc2ccccc2N1C(=O)NCC(C)(O)CC(=O)O. The van der Waals surface area contributed by atoms with Gasteiger partial charge in [0, 0.05) is 18.3 Å². The fourth-order valence-corrected chi connectivity index (χ4v) is 2.61. The second kappa shape index (κ2) is 5.73. The van der Waals surface area contributed by atoms with Crippen LogP contribution in [0.2, 0.25) is 0 Å². The molecule has 2 amide bonds. The van der Waals surface area contributed by atoms with E-state index in [-0.39, 0.29) is 18.6 Å². The number of amides is 2. The Bertz CT molecular complexity index is 556. The van der Waals surface area contributed by atoms with E-state index < -0.39 is 18.0 Å². The molecule has 0 saturated heterocycles. The lowest BCUT2D eigenvalue weighted by Crippen LogP contribution is -2.49. The first-order chi connectivity index (χ1) is 9.80. The molecule has 114 valence electrons. The monoisotopic (exact) mass is 292 g/mol. The topological polar surface area (TPSA) is 89.9 Å². The molecule has 2 atom stereocenters. The van der Waals surface area contributed by atoms with Gasteiger partial charge in [0.05, 0.1) is 12.0 Å². The van der Waals surface area contributed by atoms with Crippen LogP contribution < -0.4 is 10.2 Å². The number of hydrogen-bond donors (Lipinski definition) is 3. The summed E-state index contributed by atoms with van der Waals surface area (Å²) in [6.07, 6.45) is 0.370. The number of urea groups is 1. The van der Waals surface area contributed by atoms with Crippen LogP contribution in [0.4, 0.5) is 10.5 Å². The van der Waals surface area contributed by atoms with Crippen LogP contribution in [-0.4, -0.2) is 40.4 Å². The number of para-hydroxylation sites is 1. The third kappa shape index (κ3) is 3.52. The van der Waals surface area contributed by atoms with Gasteiger partial charge in [0.2, 0.25) is 0 Å². The van der Waals surface area contributed by atoms with Crippen molar-refractivity contribution < 1.29 is 19.8 Å². The van der Waals surface area contributed by atoms with Gasteiger partial charge in [0.1, 0.15) is 0 Å². The summed E-state index contributed by atoms with van der Waals surface area (Å²) in [5.74, 6) is -1.10. The number of rotatable bonds is 4. The molecular weight excluding hydrogens is 272 g/mol. The number of aliphatic carboxylic acids is 1. The number of hydrogen-bond acceptors (Lipinski definition) is 3. The maximum absolute atomic E-state index is 12.3. The molecule has 1 aromatic carbocycles. The molecule has 0 aromatic heterocycles. The molecule has 2 rings (SSSR count). The molecule has 1 aromatic rings. The Morgan fingerprint density at radius 2 is 2.10 bits per heavy atom. The zero-order valence-electron chi connectivity index (χ0n) is 12.2. The van der Waals surface area contributed by atoms with Crippen LogP contribution in [0.3, 0.4) is 0 Å². The standard InChI is InChI=1S/C15H20N2O4/c1-10-7-11-5-3-4-6-12(11)17(10)14(20)16-9-15(2,21)8-13(18)19/h3-6,10,21H,7-9H2,1-2H3,(H,16,20)(H,18,19). The van der Waals surface area contributed by atoms with Crippen LogP contribution in [0.25, 0.3) is 0 Å². The Balaban J connectivity index is 2.03. The number of anilines is 1. The van der Waals surface area contributed by atoms with Crippen molar-refractivity contribution >= 4 is 17.7 Å². The number of fused-ring (bicyclic) bond motifs is 1. The highest BCUT2D eigenvalue weighted by Crippen LogP contribution is 2.31. The lowest BCUT2D eigenvalue weighted by molar-refractivity contribution is -0.141. The van der Waals surface area contributed by atoms with E-state index in [1.54, 1.807) is 4.90 Å². The van der Waals surface area contributed by atoms with Gasteiger partial charge in [-0.3, -0.25) is 9.69 Å². The van der Waals surface area contributed by atoms with Gasteiger partial charge in [0.25, 0.3) is 0 Å². The summed E-state index contributed by atoms with van der Waals surface area (Å²) in [6, 6.07) is 7.39. The van der Waals surface area contributed by atoms with E-state index in [2.05, 4.69) is 5.32 Å². The summed E-state index contributed by atoms with van der Waals surface area (Å²) in [7, 11) is 0. The molecule has 6 nitrogen and oxygen atoms in total. The molecule has 0 spiro atoms. The number of benzene rings is 1. The minimum Gasteiger partial charge on any atom is -0.481 e. The Morgan fingerprint density at radius 3 is 2.76 bits per heavy atom.